The molecule has 0 aromatic heterocycles. The van der Waals surface area contributed by atoms with E-state index in [1.807, 2.05) is 0 Å². The van der Waals surface area contributed by atoms with Crippen LogP contribution in [0.15, 0.2) is 11.6 Å². The molecular weight excluding hydrogens is 362 g/mol. The van der Waals surface area contributed by atoms with Crippen LogP contribution in [0.4, 0.5) is 0 Å². The number of hydrogen-bond acceptors (Lipinski definition) is 3. The topological polar surface area (TPSA) is 70.3 Å². The van der Waals surface area contributed by atoms with Crippen LogP contribution in [-0.4, -0.2) is 24.3 Å². The third kappa shape index (κ3) is 2.37. The molecule has 7 atom stereocenters. The smallest absolute Gasteiger partial charge is 0.316 e. The third-order valence-electron chi connectivity index (χ3n) is 9.29. The number of carbonyl (C=O) groups is 1. The fourth-order valence-electron chi connectivity index (χ4n) is 8.25. The standard InChI is InChI=1S/C25H37NO3/c1-5-6-7-10-29-15-24-13-19-17(4)8-9-20(19)23(14-26)12-18(24)11-21(16(2)3)25(23,24)22(27)28/h11,16-20H,5-10,12-13,15H2,1-4H3,(H,27,28)/t17?,18?,19?,20?,23-,24+,25?/m0/s1. The van der Waals surface area contributed by atoms with E-state index in [1.165, 1.54) is 0 Å². The summed E-state index contributed by atoms with van der Waals surface area (Å²) >= 11 is 0. The zero-order valence-corrected chi connectivity index (χ0v) is 18.5. The van der Waals surface area contributed by atoms with Crippen molar-refractivity contribution in [3.05, 3.63) is 11.6 Å². The molecule has 4 aliphatic rings. The minimum Gasteiger partial charge on any atom is -0.481 e. The monoisotopic (exact) mass is 399 g/mol. The van der Waals surface area contributed by atoms with E-state index in [2.05, 4.69) is 39.8 Å². The van der Waals surface area contributed by atoms with E-state index in [0.717, 1.165) is 44.1 Å². The predicted octanol–water partition coefficient (Wildman–Crippen LogP) is 5.44. The third-order valence-corrected chi connectivity index (χ3v) is 9.29. The fourth-order valence-corrected chi connectivity index (χ4v) is 8.25. The normalized spacial score (nSPS) is 44.6. The van der Waals surface area contributed by atoms with Gasteiger partial charge in [0.05, 0.1) is 18.1 Å². The average molecular weight is 400 g/mol. The lowest BCUT2D eigenvalue weighted by molar-refractivity contribution is -0.179. The molecule has 4 rings (SSSR count). The van der Waals surface area contributed by atoms with Gasteiger partial charge in [0, 0.05) is 12.0 Å². The summed E-state index contributed by atoms with van der Waals surface area (Å²) in [6.07, 6.45) is 9.29. The molecule has 4 nitrogen and oxygen atoms in total. The van der Waals surface area contributed by atoms with Crippen LogP contribution in [-0.2, 0) is 9.53 Å². The Morgan fingerprint density at radius 3 is 2.72 bits per heavy atom. The molecule has 0 radical (unpaired) electrons. The number of carboxylic acids is 1. The molecule has 29 heavy (non-hydrogen) atoms. The molecule has 4 bridgehead atoms. The summed E-state index contributed by atoms with van der Waals surface area (Å²) in [5, 5.41) is 21.5. The summed E-state index contributed by atoms with van der Waals surface area (Å²) in [5.41, 5.74) is -1.31. The van der Waals surface area contributed by atoms with Gasteiger partial charge < -0.3 is 9.84 Å². The number of fused-ring (bicyclic) bond motifs is 2. The van der Waals surface area contributed by atoms with Gasteiger partial charge in [0.1, 0.15) is 5.41 Å². The van der Waals surface area contributed by atoms with E-state index < -0.39 is 22.2 Å². The molecule has 160 valence electrons. The molecular formula is C25H37NO3. The Hall–Kier alpha value is -1.34. The number of aliphatic carboxylic acids is 1. The second-order valence-electron chi connectivity index (χ2n) is 10.7. The van der Waals surface area contributed by atoms with Gasteiger partial charge in [0.2, 0.25) is 0 Å². The molecule has 4 aliphatic carbocycles. The van der Waals surface area contributed by atoms with Crippen LogP contribution < -0.4 is 0 Å². The van der Waals surface area contributed by atoms with Crippen LogP contribution in [0.1, 0.15) is 72.6 Å². The Morgan fingerprint density at radius 1 is 1.34 bits per heavy atom. The maximum Gasteiger partial charge on any atom is 0.316 e. The molecule has 0 aliphatic heterocycles. The van der Waals surface area contributed by atoms with Gasteiger partial charge in [-0.3, -0.25) is 4.79 Å². The van der Waals surface area contributed by atoms with Crippen LogP contribution >= 0.6 is 0 Å². The number of allylic oxidation sites excluding steroid dienone is 1. The molecule has 0 heterocycles. The van der Waals surface area contributed by atoms with Crippen molar-refractivity contribution in [1.82, 2.24) is 0 Å². The zero-order chi connectivity index (χ0) is 21.0. The molecule has 5 unspecified atom stereocenters. The minimum absolute atomic E-state index is 0.138. The zero-order valence-electron chi connectivity index (χ0n) is 18.5. The Morgan fingerprint density at radius 2 is 2.10 bits per heavy atom. The van der Waals surface area contributed by atoms with Crippen LogP contribution in [0.3, 0.4) is 0 Å². The SMILES string of the molecule is CCCCCOC[C@]12CC3C(C)CCC3[C@@]3(C#N)CC1C=C(C(C)C)C23C(=O)O. The highest BCUT2D eigenvalue weighted by molar-refractivity contribution is 5.85. The Kier molecular flexibility index (Phi) is 5.13. The maximum absolute atomic E-state index is 13.2. The van der Waals surface area contributed by atoms with Crippen LogP contribution in [0.5, 0.6) is 0 Å². The molecule has 0 aromatic rings. The van der Waals surface area contributed by atoms with Crippen LogP contribution in [0, 0.1) is 57.2 Å². The van der Waals surface area contributed by atoms with Crippen molar-refractivity contribution < 1.29 is 14.6 Å². The highest BCUT2D eigenvalue weighted by atomic mass is 16.5. The molecule has 3 saturated carbocycles. The molecule has 0 aromatic carbocycles. The van der Waals surface area contributed by atoms with Gasteiger partial charge in [0.25, 0.3) is 0 Å². The summed E-state index contributed by atoms with van der Waals surface area (Å²) < 4.78 is 6.25. The highest BCUT2D eigenvalue weighted by Crippen LogP contribution is 2.83. The van der Waals surface area contributed by atoms with Crippen molar-refractivity contribution in [3.8, 4) is 6.07 Å². The summed E-state index contributed by atoms with van der Waals surface area (Å²) in [6, 6.07) is 2.70. The van der Waals surface area contributed by atoms with Crippen molar-refractivity contribution in [2.45, 2.75) is 72.6 Å². The van der Waals surface area contributed by atoms with Gasteiger partial charge in [-0.15, -0.1) is 0 Å². The Labute approximate surface area is 175 Å². The first-order valence-corrected chi connectivity index (χ1v) is 11.8. The number of rotatable bonds is 8. The van der Waals surface area contributed by atoms with Crippen molar-refractivity contribution in [2.24, 2.45) is 45.8 Å². The molecule has 1 N–H and O–H groups in total. The Bertz CT molecular complexity index is 752. The number of unbranched alkanes of at least 4 members (excludes halogenated alkanes) is 2. The van der Waals surface area contributed by atoms with E-state index in [4.69, 9.17) is 4.74 Å². The summed E-state index contributed by atoms with van der Waals surface area (Å²) in [6.45, 7) is 9.86. The van der Waals surface area contributed by atoms with Gasteiger partial charge in [0.15, 0.2) is 0 Å². The number of ether oxygens (including phenoxy) is 1. The quantitative estimate of drug-likeness (QED) is 0.436. The van der Waals surface area contributed by atoms with Gasteiger partial charge >= 0.3 is 5.97 Å². The molecule has 4 heteroatoms. The Balaban J connectivity index is 1.82. The van der Waals surface area contributed by atoms with Crippen LogP contribution in [0.25, 0.3) is 0 Å². The van der Waals surface area contributed by atoms with E-state index >= 15 is 0 Å². The lowest BCUT2D eigenvalue weighted by Crippen LogP contribution is -2.62. The van der Waals surface area contributed by atoms with Gasteiger partial charge in [-0.05, 0) is 55.3 Å². The largest absolute Gasteiger partial charge is 0.481 e. The predicted molar refractivity (Wildman–Crippen MR) is 112 cm³/mol. The first-order chi connectivity index (χ1) is 13.8. The summed E-state index contributed by atoms with van der Waals surface area (Å²) in [5.74, 6) is 0.747. The summed E-state index contributed by atoms with van der Waals surface area (Å²) in [4.78, 5) is 13.2. The first kappa shape index (κ1) is 20.9. The van der Waals surface area contributed by atoms with Gasteiger partial charge in [-0.2, -0.15) is 5.26 Å². The molecule has 3 fully saturated rings. The lowest BCUT2D eigenvalue weighted by atomic mass is 9.43. The van der Waals surface area contributed by atoms with Crippen LogP contribution in [0.2, 0.25) is 0 Å². The van der Waals surface area contributed by atoms with Gasteiger partial charge in [-0.25, -0.2) is 0 Å². The number of carboxylic acid groups (broad SMARTS) is 1. The molecule has 0 amide bonds. The molecule has 0 saturated heterocycles. The number of nitriles is 1. The highest BCUT2D eigenvalue weighted by Gasteiger charge is 2.84. The van der Waals surface area contributed by atoms with Crippen molar-refractivity contribution in [2.75, 3.05) is 13.2 Å². The van der Waals surface area contributed by atoms with Crippen molar-refractivity contribution in [3.63, 3.8) is 0 Å². The van der Waals surface area contributed by atoms with E-state index in [-0.39, 0.29) is 17.8 Å². The number of hydrogen-bond donors (Lipinski definition) is 1. The minimum atomic E-state index is -1.08. The van der Waals surface area contributed by atoms with Crippen molar-refractivity contribution in [1.29, 1.82) is 5.26 Å². The first-order valence-electron chi connectivity index (χ1n) is 11.8. The van der Waals surface area contributed by atoms with Crippen molar-refractivity contribution >= 4 is 5.97 Å². The van der Waals surface area contributed by atoms with Gasteiger partial charge in [-0.1, -0.05) is 58.6 Å². The van der Waals surface area contributed by atoms with E-state index in [9.17, 15) is 15.2 Å². The van der Waals surface area contributed by atoms with E-state index in [1.54, 1.807) is 0 Å². The second-order valence-corrected chi connectivity index (χ2v) is 10.7. The summed E-state index contributed by atoms with van der Waals surface area (Å²) in [7, 11) is 0. The lowest BCUT2D eigenvalue weighted by Gasteiger charge is -2.57. The number of nitrogens with zero attached hydrogens (tertiary/aromatic N) is 1. The maximum atomic E-state index is 13.2. The fraction of sp³-hybridized carbons (Fsp3) is 0.840. The average Bonchev–Trinajstić information content (AvgIpc) is 3.25. The molecule has 0 spiro atoms. The van der Waals surface area contributed by atoms with E-state index in [0.29, 0.717) is 31.5 Å². The second kappa shape index (κ2) is 7.12.